The van der Waals surface area contributed by atoms with Crippen molar-refractivity contribution in [3.05, 3.63) is 0 Å². The summed E-state index contributed by atoms with van der Waals surface area (Å²) in [7, 11) is 0. The highest BCUT2D eigenvalue weighted by Crippen LogP contribution is 2.39. The number of carbonyl (C=O) groups excluding carboxylic acids is 1. The van der Waals surface area contributed by atoms with Crippen LogP contribution in [0.5, 0.6) is 0 Å². The minimum atomic E-state index is -0.0374. The number of hydrogen-bond acceptors (Lipinski definition) is 2. The van der Waals surface area contributed by atoms with E-state index in [-0.39, 0.29) is 5.41 Å². The van der Waals surface area contributed by atoms with Gasteiger partial charge < -0.3 is 10.2 Å². The first-order valence-electron chi connectivity index (χ1n) is 7.19. The maximum absolute atomic E-state index is 12.7. The van der Waals surface area contributed by atoms with Crippen LogP contribution in [0, 0.1) is 17.3 Å². The first kappa shape index (κ1) is 11.5. The van der Waals surface area contributed by atoms with Crippen molar-refractivity contribution in [1.29, 1.82) is 0 Å². The molecule has 1 amide bonds. The number of carbonyl (C=O) groups is 1. The summed E-state index contributed by atoms with van der Waals surface area (Å²) in [6, 6.07) is 0. The maximum atomic E-state index is 12.7. The average Bonchev–Trinajstić information content (AvgIpc) is 2.89. The van der Waals surface area contributed by atoms with Crippen LogP contribution in [0.3, 0.4) is 0 Å². The molecule has 96 valence electrons. The molecular formula is C14H24N2O. The minimum absolute atomic E-state index is 0.0374. The van der Waals surface area contributed by atoms with Gasteiger partial charge in [0, 0.05) is 31.6 Å². The van der Waals surface area contributed by atoms with Gasteiger partial charge in [-0.2, -0.15) is 0 Å². The molecule has 0 spiro atoms. The Labute approximate surface area is 104 Å². The molecule has 1 aliphatic carbocycles. The van der Waals surface area contributed by atoms with Gasteiger partial charge in [0.25, 0.3) is 0 Å². The summed E-state index contributed by atoms with van der Waals surface area (Å²) in [4.78, 5) is 14.8. The topological polar surface area (TPSA) is 32.3 Å². The van der Waals surface area contributed by atoms with Crippen LogP contribution in [-0.4, -0.2) is 37.0 Å². The normalized spacial score (nSPS) is 35.9. The summed E-state index contributed by atoms with van der Waals surface area (Å²) < 4.78 is 0. The molecule has 1 saturated carbocycles. The van der Waals surface area contributed by atoms with Gasteiger partial charge in [-0.1, -0.05) is 26.2 Å². The first-order valence-corrected chi connectivity index (χ1v) is 7.19. The monoisotopic (exact) mass is 236 g/mol. The van der Waals surface area contributed by atoms with Gasteiger partial charge >= 0.3 is 0 Å². The largest absolute Gasteiger partial charge is 0.342 e. The average molecular weight is 236 g/mol. The lowest BCUT2D eigenvalue weighted by Crippen LogP contribution is -2.43. The van der Waals surface area contributed by atoms with E-state index in [0.29, 0.717) is 5.91 Å². The van der Waals surface area contributed by atoms with Crippen LogP contribution in [0.4, 0.5) is 0 Å². The second-order valence-electron chi connectivity index (χ2n) is 6.51. The number of likely N-dealkylation sites (tertiary alicyclic amines) is 1. The van der Waals surface area contributed by atoms with E-state index in [9.17, 15) is 4.79 Å². The zero-order chi connectivity index (χ0) is 11.9. The van der Waals surface area contributed by atoms with Crippen LogP contribution < -0.4 is 5.32 Å². The number of fused-ring (bicyclic) bond motifs is 1. The van der Waals surface area contributed by atoms with E-state index in [1.807, 2.05) is 0 Å². The fraction of sp³-hybridized carbons (Fsp3) is 0.929. The Balaban J connectivity index is 1.66. The van der Waals surface area contributed by atoms with Crippen LogP contribution in [0.1, 0.15) is 39.0 Å². The van der Waals surface area contributed by atoms with Crippen molar-refractivity contribution in [3.8, 4) is 0 Å². The molecule has 17 heavy (non-hydrogen) atoms. The second kappa shape index (κ2) is 4.27. The van der Waals surface area contributed by atoms with Gasteiger partial charge in [0.1, 0.15) is 0 Å². The number of rotatable bonds is 1. The van der Waals surface area contributed by atoms with Gasteiger partial charge in [-0.3, -0.25) is 4.79 Å². The van der Waals surface area contributed by atoms with Crippen molar-refractivity contribution < 1.29 is 4.79 Å². The van der Waals surface area contributed by atoms with Crippen LogP contribution in [0.25, 0.3) is 0 Å². The van der Waals surface area contributed by atoms with E-state index in [4.69, 9.17) is 0 Å². The van der Waals surface area contributed by atoms with E-state index < -0.39 is 0 Å². The Morgan fingerprint density at radius 3 is 2.29 bits per heavy atom. The zero-order valence-electron chi connectivity index (χ0n) is 10.9. The maximum Gasteiger partial charge on any atom is 0.228 e. The van der Waals surface area contributed by atoms with Gasteiger partial charge in [-0.15, -0.1) is 0 Å². The quantitative estimate of drug-likeness (QED) is 0.750. The summed E-state index contributed by atoms with van der Waals surface area (Å²) in [6.07, 6.45) is 6.01. The first-order chi connectivity index (χ1) is 8.19. The van der Waals surface area contributed by atoms with E-state index in [1.54, 1.807) is 0 Å². The molecule has 0 aromatic carbocycles. The molecule has 0 bridgehead atoms. The highest BCUT2D eigenvalue weighted by molar-refractivity contribution is 5.82. The van der Waals surface area contributed by atoms with Crippen LogP contribution in [-0.2, 0) is 4.79 Å². The standard InChI is InChI=1S/C14H24N2O/c1-14(5-3-2-4-6-14)13(17)16-9-11-7-15-8-12(11)10-16/h11-12,15H,2-10H2,1H3/t11-,12+. The second-order valence-corrected chi connectivity index (χ2v) is 6.51. The summed E-state index contributed by atoms with van der Waals surface area (Å²) in [6.45, 7) is 6.44. The molecule has 2 saturated heterocycles. The van der Waals surface area contributed by atoms with Crippen molar-refractivity contribution in [1.82, 2.24) is 10.2 Å². The fourth-order valence-electron chi connectivity index (χ4n) is 3.95. The molecule has 0 radical (unpaired) electrons. The SMILES string of the molecule is CC1(C(=O)N2C[C@H]3CNC[C@H]3C2)CCCCC1. The highest BCUT2D eigenvalue weighted by atomic mass is 16.2. The van der Waals surface area contributed by atoms with Crippen molar-refractivity contribution in [2.45, 2.75) is 39.0 Å². The number of amides is 1. The molecule has 2 atom stereocenters. The molecule has 3 rings (SSSR count). The van der Waals surface area contributed by atoms with E-state index in [0.717, 1.165) is 50.9 Å². The summed E-state index contributed by atoms with van der Waals surface area (Å²) in [5.41, 5.74) is -0.0374. The smallest absolute Gasteiger partial charge is 0.228 e. The fourth-order valence-corrected chi connectivity index (χ4v) is 3.95. The van der Waals surface area contributed by atoms with Crippen LogP contribution in [0.15, 0.2) is 0 Å². The van der Waals surface area contributed by atoms with Gasteiger partial charge in [-0.25, -0.2) is 0 Å². The molecule has 3 heteroatoms. The lowest BCUT2D eigenvalue weighted by molar-refractivity contribution is -0.142. The Hall–Kier alpha value is -0.570. The summed E-state index contributed by atoms with van der Waals surface area (Å²) >= 11 is 0. The Morgan fingerprint density at radius 2 is 1.71 bits per heavy atom. The van der Waals surface area contributed by atoms with Crippen molar-refractivity contribution >= 4 is 5.91 Å². The van der Waals surface area contributed by atoms with E-state index in [1.165, 1.54) is 19.3 Å². The molecule has 1 N–H and O–H groups in total. The lowest BCUT2D eigenvalue weighted by Gasteiger charge is -2.36. The minimum Gasteiger partial charge on any atom is -0.342 e. The Morgan fingerprint density at radius 1 is 1.12 bits per heavy atom. The molecule has 0 unspecified atom stereocenters. The zero-order valence-corrected chi connectivity index (χ0v) is 10.9. The number of nitrogens with one attached hydrogen (secondary N) is 1. The molecule has 2 heterocycles. The molecule has 0 aromatic heterocycles. The van der Waals surface area contributed by atoms with Crippen molar-refractivity contribution in [2.24, 2.45) is 17.3 Å². The molecule has 0 aromatic rings. The molecule has 3 fully saturated rings. The van der Waals surface area contributed by atoms with Gasteiger partial charge in [0.2, 0.25) is 5.91 Å². The van der Waals surface area contributed by atoms with Crippen molar-refractivity contribution in [3.63, 3.8) is 0 Å². The highest BCUT2D eigenvalue weighted by Gasteiger charge is 2.44. The van der Waals surface area contributed by atoms with E-state index in [2.05, 4.69) is 17.1 Å². The lowest BCUT2D eigenvalue weighted by atomic mass is 9.74. The predicted molar refractivity (Wildman–Crippen MR) is 67.6 cm³/mol. The van der Waals surface area contributed by atoms with Crippen LogP contribution in [0.2, 0.25) is 0 Å². The molecule has 3 nitrogen and oxygen atoms in total. The molecule has 3 aliphatic rings. The van der Waals surface area contributed by atoms with E-state index >= 15 is 0 Å². The number of nitrogens with zero attached hydrogens (tertiary/aromatic N) is 1. The van der Waals surface area contributed by atoms with Crippen molar-refractivity contribution in [2.75, 3.05) is 26.2 Å². The Bertz CT molecular complexity index is 297. The molecular weight excluding hydrogens is 212 g/mol. The third-order valence-corrected chi connectivity index (χ3v) is 5.15. The van der Waals surface area contributed by atoms with Crippen LogP contribution >= 0.6 is 0 Å². The van der Waals surface area contributed by atoms with Gasteiger partial charge in [-0.05, 0) is 24.7 Å². The molecule has 2 aliphatic heterocycles. The summed E-state index contributed by atoms with van der Waals surface area (Å²) in [5.74, 6) is 1.91. The third-order valence-electron chi connectivity index (χ3n) is 5.15. The van der Waals surface area contributed by atoms with Gasteiger partial charge in [0.15, 0.2) is 0 Å². The number of hydrogen-bond donors (Lipinski definition) is 1. The van der Waals surface area contributed by atoms with Gasteiger partial charge in [0.05, 0.1) is 0 Å². The Kier molecular flexibility index (Phi) is 2.89. The predicted octanol–water partition coefficient (Wildman–Crippen LogP) is 1.63. The summed E-state index contributed by atoms with van der Waals surface area (Å²) in [5, 5.41) is 3.43. The third kappa shape index (κ3) is 1.99.